The third-order valence-corrected chi connectivity index (χ3v) is 4.62. The van der Waals surface area contributed by atoms with Crippen LogP contribution in [0.3, 0.4) is 0 Å². The van der Waals surface area contributed by atoms with E-state index in [2.05, 4.69) is 15.9 Å². The molecule has 156 valence electrons. The lowest BCUT2D eigenvalue weighted by Gasteiger charge is -2.21. The molecule has 3 aromatic carbocycles. The number of esters is 1. The smallest absolute Gasteiger partial charge is 0.428 e. The lowest BCUT2D eigenvalue weighted by atomic mass is 9.99. The van der Waals surface area contributed by atoms with Gasteiger partial charge in [-0.2, -0.15) is 0 Å². The van der Waals surface area contributed by atoms with E-state index in [1.807, 2.05) is 0 Å². The number of benzene rings is 3. The van der Waals surface area contributed by atoms with Gasteiger partial charge < -0.3 is 14.2 Å². The van der Waals surface area contributed by atoms with Gasteiger partial charge in [-0.15, -0.1) is 0 Å². The predicted octanol–water partition coefficient (Wildman–Crippen LogP) is 6.58. The van der Waals surface area contributed by atoms with Crippen LogP contribution in [0.25, 0.3) is 10.8 Å². The van der Waals surface area contributed by atoms with Gasteiger partial charge in [0.15, 0.2) is 5.75 Å². The summed E-state index contributed by atoms with van der Waals surface area (Å²) < 4.78 is 31.8. The van der Waals surface area contributed by atoms with E-state index in [4.69, 9.17) is 14.2 Å². The fourth-order valence-electron chi connectivity index (χ4n) is 2.87. The zero-order valence-electron chi connectivity index (χ0n) is 16.9. The van der Waals surface area contributed by atoms with Gasteiger partial charge in [0.1, 0.15) is 22.7 Å². The van der Waals surface area contributed by atoms with Crippen molar-refractivity contribution in [3.05, 3.63) is 69.9 Å². The van der Waals surface area contributed by atoms with Crippen molar-refractivity contribution < 1.29 is 28.2 Å². The zero-order valence-corrected chi connectivity index (χ0v) is 18.5. The zero-order chi connectivity index (χ0) is 22.1. The molecule has 0 aliphatic rings. The summed E-state index contributed by atoms with van der Waals surface area (Å²) in [6, 6.07) is 13.1. The standard InChI is InChI=1S/C23H20BrFO5/c1-13-18(21(26)28-15-8-6-5-7-9-15)20(29-22(27)30-23(2,3)4)17-12-14(24)10-11-16(17)19(13)25/h5-12H,1-4H3. The van der Waals surface area contributed by atoms with E-state index in [-0.39, 0.29) is 33.4 Å². The summed E-state index contributed by atoms with van der Waals surface area (Å²) in [4.78, 5) is 25.4. The first kappa shape index (κ1) is 21.8. The highest BCUT2D eigenvalue weighted by atomic mass is 79.9. The van der Waals surface area contributed by atoms with E-state index < -0.39 is 23.5 Å². The van der Waals surface area contributed by atoms with Crippen molar-refractivity contribution >= 4 is 38.8 Å². The van der Waals surface area contributed by atoms with E-state index in [0.717, 1.165) is 0 Å². The molecule has 3 aromatic rings. The summed E-state index contributed by atoms with van der Waals surface area (Å²) in [5.74, 6) is -1.30. The number of halogens is 2. The second kappa shape index (κ2) is 8.44. The molecule has 3 rings (SSSR count). The van der Waals surface area contributed by atoms with Gasteiger partial charge in [-0.05, 0) is 52.0 Å². The van der Waals surface area contributed by atoms with Gasteiger partial charge in [0.25, 0.3) is 0 Å². The van der Waals surface area contributed by atoms with Crippen molar-refractivity contribution in [2.24, 2.45) is 0 Å². The van der Waals surface area contributed by atoms with Crippen molar-refractivity contribution in [3.8, 4) is 11.5 Å². The SMILES string of the molecule is Cc1c(C(=O)Oc2ccccc2)c(OC(=O)OC(C)(C)C)c2cc(Br)ccc2c1F. The summed E-state index contributed by atoms with van der Waals surface area (Å²) in [6.45, 7) is 6.48. The molecule has 0 bridgehead atoms. The molecule has 0 saturated heterocycles. The molecular weight excluding hydrogens is 455 g/mol. The van der Waals surface area contributed by atoms with Gasteiger partial charge in [0.05, 0.1) is 0 Å². The van der Waals surface area contributed by atoms with Crippen molar-refractivity contribution in [3.63, 3.8) is 0 Å². The fraction of sp³-hybridized carbons (Fsp3) is 0.217. The summed E-state index contributed by atoms with van der Waals surface area (Å²) in [5.41, 5.74) is -0.995. The predicted molar refractivity (Wildman–Crippen MR) is 115 cm³/mol. The number of carbonyl (C=O) groups excluding carboxylic acids is 2. The number of para-hydroxylation sites is 1. The molecule has 30 heavy (non-hydrogen) atoms. The molecule has 0 amide bonds. The normalized spacial score (nSPS) is 11.3. The minimum atomic E-state index is -1.01. The Labute approximate surface area is 181 Å². The highest BCUT2D eigenvalue weighted by Crippen LogP contribution is 2.38. The number of hydrogen-bond donors (Lipinski definition) is 0. The van der Waals surface area contributed by atoms with Crippen LogP contribution in [-0.4, -0.2) is 17.7 Å². The van der Waals surface area contributed by atoms with Crippen LogP contribution in [-0.2, 0) is 4.74 Å². The second-order valence-electron chi connectivity index (χ2n) is 7.60. The van der Waals surface area contributed by atoms with Crippen LogP contribution in [0, 0.1) is 12.7 Å². The van der Waals surface area contributed by atoms with Crippen molar-refractivity contribution in [2.75, 3.05) is 0 Å². The Bertz CT molecular complexity index is 1120. The molecule has 0 aliphatic carbocycles. The number of hydrogen-bond acceptors (Lipinski definition) is 5. The van der Waals surface area contributed by atoms with Gasteiger partial charge >= 0.3 is 12.1 Å². The molecule has 0 fully saturated rings. The number of ether oxygens (including phenoxy) is 3. The number of fused-ring (bicyclic) bond motifs is 1. The molecule has 0 spiro atoms. The van der Waals surface area contributed by atoms with Gasteiger partial charge in [0, 0.05) is 20.8 Å². The van der Waals surface area contributed by atoms with Crippen LogP contribution >= 0.6 is 15.9 Å². The molecule has 5 nitrogen and oxygen atoms in total. The molecule has 7 heteroatoms. The Kier molecular flexibility index (Phi) is 6.12. The van der Waals surface area contributed by atoms with Crippen LogP contribution in [0.15, 0.2) is 53.0 Å². The Morgan fingerprint density at radius 3 is 2.27 bits per heavy atom. The van der Waals surface area contributed by atoms with Gasteiger partial charge in [-0.3, -0.25) is 0 Å². The minimum Gasteiger partial charge on any atom is -0.428 e. The average Bonchev–Trinajstić information content (AvgIpc) is 2.65. The van der Waals surface area contributed by atoms with E-state index in [1.165, 1.54) is 13.0 Å². The first-order valence-electron chi connectivity index (χ1n) is 9.16. The van der Waals surface area contributed by atoms with Crippen molar-refractivity contribution in [2.45, 2.75) is 33.3 Å². The van der Waals surface area contributed by atoms with Crippen molar-refractivity contribution in [1.82, 2.24) is 0 Å². The third-order valence-electron chi connectivity index (χ3n) is 4.13. The molecular formula is C23H20BrFO5. The molecule has 0 heterocycles. The van der Waals surface area contributed by atoms with E-state index >= 15 is 4.39 Å². The number of rotatable bonds is 3. The molecule has 0 radical (unpaired) electrons. The van der Waals surface area contributed by atoms with Gasteiger partial charge in [0.2, 0.25) is 0 Å². The maximum atomic E-state index is 15.1. The fourth-order valence-corrected chi connectivity index (χ4v) is 3.23. The van der Waals surface area contributed by atoms with Gasteiger partial charge in [-0.25, -0.2) is 14.0 Å². The van der Waals surface area contributed by atoms with Crippen LogP contribution in [0.2, 0.25) is 0 Å². The summed E-state index contributed by atoms with van der Waals surface area (Å²) >= 11 is 3.33. The van der Waals surface area contributed by atoms with Crippen LogP contribution in [0.4, 0.5) is 9.18 Å². The van der Waals surface area contributed by atoms with E-state index in [1.54, 1.807) is 63.2 Å². The second-order valence-corrected chi connectivity index (χ2v) is 8.52. The first-order valence-corrected chi connectivity index (χ1v) is 9.95. The maximum Gasteiger partial charge on any atom is 0.514 e. The molecule has 0 atom stereocenters. The van der Waals surface area contributed by atoms with Crippen molar-refractivity contribution in [1.29, 1.82) is 0 Å². The molecule has 0 N–H and O–H groups in total. The quantitative estimate of drug-likeness (QED) is 0.243. The summed E-state index contributed by atoms with van der Waals surface area (Å²) in [5, 5.41) is 0.434. The summed E-state index contributed by atoms with van der Waals surface area (Å²) in [7, 11) is 0. The lowest BCUT2D eigenvalue weighted by molar-refractivity contribution is 0.0207. The third kappa shape index (κ3) is 4.79. The Hall–Kier alpha value is -2.93. The Morgan fingerprint density at radius 2 is 1.63 bits per heavy atom. The van der Waals surface area contributed by atoms with Crippen LogP contribution < -0.4 is 9.47 Å². The largest absolute Gasteiger partial charge is 0.514 e. The monoisotopic (exact) mass is 474 g/mol. The molecule has 0 aliphatic heterocycles. The van der Waals surface area contributed by atoms with Crippen LogP contribution in [0.5, 0.6) is 11.5 Å². The topological polar surface area (TPSA) is 61.8 Å². The lowest BCUT2D eigenvalue weighted by Crippen LogP contribution is -2.27. The molecule has 0 aromatic heterocycles. The minimum absolute atomic E-state index is 0.00399. The van der Waals surface area contributed by atoms with E-state index in [0.29, 0.717) is 4.47 Å². The highest BCUT2D eigenvalue weighted by Gasteiger charge is 2.28. The maximum absolute atomic E-state index is 15.1. The summed E-state index contributed by atoms with van der Waals surface area (Å²) in [6.07, 6.45) is -1.01. The van der Waals surface area contributed by atoms with E-state index in [9.17, 15) is 9.59 Å². The average molecular weight is 475 g/mol. The van der Waals surface area contributed by atoms with Crippen LogP contribution in [0.1, 0.15) is 36.7 Å². The Morgan fingerprint density at radius 1 is 0.967 bits per heavy atom. The number of carbonyl (C=O) groups is 2. The van der Waals surface area contributed by atoms with Gasteiger partial charge in [-0.1, -0.05) is 40.2 Å². The first-order chi connectivity index (χ1) is 14.1. The molecule has 0 saturated carbocycles. The highest BCUT2D eigenvalue weighted by molar-refractivity contribution is 9.10. The Balaban J connectivity index is 2.17. The molecule has 0 unspecified atom stereocenters.